The first-order valence-electron chi connectivity index (χ1n) is 9.37. The Kier molecular flexibility index (Phi) is 8.68. The summed E-state index contributed by atoms with van der Waals surface area (Å²) in [5.41, 5.74) is 0. The van der Waals surface area contributed by atoms with Gasteiger partial charge in [0.1, 0.15) is 0 Å². The first-order valence-corrected chi connectivity index (χ1v) is 11.0. The first kappa shape index (κ1) is 23.1. The molecule has 1 aromatic rings. The molecule has 0 aliphatic carbocycles. The van der Waals surface area contributed by atoms with Crippen LogP contribution in [0.5, 0.6) is 0 Å². The number of halogens is 2. The molecule has 2 saturated heterocycles. The van der Waals surface area contributed by atoms with Gasteiger partial charge in [-0.3, -0.25) is 4.99 Å². The van der Waals surface area contributed by atoms with Crippen LogP contribution in [0.2, 0.25) is 0 Å². The summed E-state index contributed by atoms with van der Waals surface area (Å²) in [6.45, 7) is 5.42. The number of aromatic nitrogens is 1. The molecule has 0 aromatic carbocycles. The van der Waals surface area contributed by atoms with E-state index in [2.05, 4.69) is 20.6 Å². The molecule has 3 rings (SSSR count). The SMILES string of the molecule is CCNC(=NCCN1CCCS1(=O)=O)NC1CCN(c2ncccc2F)C1.I. The van der Waals surface area contributed by atoms with Gasteiger partial charge in [-0.2, -0.15) is 0 Å². The molecule has 0 bridgehead atoms. The summed E-state index contributed by atoms with van der Waals surface area (Å²) < 4.78 is 39.1. The van der Waals surface area contributed by atoms with Gasteiger partial charge in [0.05, 0.1) is 12.3 Å². The Morgan fingerprint density at radius 3 is 2.93 bits per heavy atom. The Morgan fingerprint density at radius 2 is 2.25 bits per heavy atom. The summed E-state index contributed by atoms with van der Waals surface area (Å²) in [6.07, 6.45) is 3.13. The van der Waals surface area contributed by atoms with Gasteiger partial charge in [0.15, 0.2) is 17.6 Å². The first-order chi connectivity index (χ1) is 13.0. The van der Waals surface area contributed by atoms with Crippen molar-refractivity contribution in [3.8, 4) is 0 Å². The predicted octanol–water partition coefficient (Wildman–Crippen LogP) is 1.01. The number of guanidine groups is 1. The molecule has 2 N–H and O–H groups in total. The molecule has 2 fully saturated rings. The normalized spacial score (nSPS) is 22.1. The van der Waals surface area contributed by atoms with E-state index in [1.54, 1.807) is 12.3 Å². The molecule has 1 atom stereocenters. The van der Waals surface area contributed by atoms with Crippen molar-refractivity contribution in [1.29, 1.82) is 0 Å². The molecule has 0 amide bonds. The van der Waals surface area contributed by atoms with Crippen LogP contribution in [0.25, 0.3) is 0 Å². The Hall–Kier alpha value is -1.21. The van der Waals surface area contributed by atoms with Gasteiger partial charge in [0, 0.05) is 45.0 Å². The van der Waals surface area contributed by atoms with Crippen LogP contribution in [0, 0.1) is 5.82 Å². The zero-order valence-corrected chi connectivity index (χ0v) is 19.1. The summed E-state index contributed by atoms with van der Waals surface area (Å²) in [5, 5.41) is 6.55. The maximum absolute atomic E-state index is 13.9. The van der Waals surface area contributed by atoms with Gasteiger partial charge >= 0.3 is 0 Å². The van der Waals surface area contributed by atoms with E-state index in [0.29, 0.717) is 50.9 Å². The molecule has 8 nitrogen and oxygen atoms in total. The molecule has 0 spiro atoms. The fraction of sp³-hybridized carbons (Fsp3) is 0.647. The highest BCUT2D eigenvalue weighted by atomic mass is 127. The number of aliphatic imine (C=N–C) groups is 1. The molecule has 158 valence electrons. The van der Waals surface area contributed by atoms with Crippen LogP contribution < -0.4 is 15.5 Å². The molecule has 1 aromatic heterocycles. The fourth-order valence-electron chi connectivity index (χ4n) is 3.41. The quantitative estimate of drug-likeness (QED) is 0.327. The summed E-state index contributed by atoms with van der Waals surface area (Å²) in [7, 11) is -3.09. The van der Waals surface area contributed by atoms with Crippen molar-refractivity contribution in [3.05, 3.63) is 24.1 Å². The third kappa shape index (κ3) is 5.89. The topological polar surface area (TPSA) is 89.9 Å². The van der Waals surface area contributed by atoms with Gasteiger partial charge in [-0.15, -0.1) is 24.0 Å². The van der Waals surface area contributed by atoms with Crippen LogP contribution >= 0.6 is 24.0 Å². The maximum atomic E-state index is 13.9. The lowest BCUT2D eigenvalue weighted by Crippen LogP contribution is -2.45. The van der Waals surface area contributed by atoms with Gasteiger partial charge in [-0.05, 0) is 31.9 Å². The zero-order chi connectivity index (χ0) is 19.3. The van der Waals surface area contributed by atoms with Gasteiger partial charge < -0.3 is 15.5 Å². The molecular weight excluding hydrogens is 498 g/mol. The van der Waals surface area contributed by atoms with Gasteiger partial charge in [-0.1, -0.05) is 0 Å². The van der Waals surface area contributed by atoms with Crippen LogP contribution in [0.1, 0.15) is 19.8 Å². The number of nitrogens with one attached hydrogen (secondary N) is 2. The highest BCUT2D eigenvalue weighted by molar-refractivity contribution is 14.0. The molecular formula is C17H28FIN6O2S. The maximum Gasteiger partial charge on any atom is 0.214 e. The van der Waals surface area contributed by atoms with Crippen molar-refractivity contribution < 1.29 is 12.8 Å². The highest BCUT2D eigenvalue weighted by Gasteiger charge is 2.28. The second-order valence-electron chi connectivity index (χ2n) is 6.71. The lowest BCUT2D eigenvalue weighted by atomic mass is 10.3. The third-order valence-electron chi connectivity index (χ3n) is 4.73. The van der Waals surface area contributed by atoms with E-state index in [1.807, 2.05) is 11.8 Å². The molecule has 0 saturated carbocycles. The Bertz CT molecular complexity index is 779. The van der Waals surface area contributed by atoms with Crippen molar-refractivity contribution in [2.24, 2.45) is 4.99 Å². The average Bonchev–Trinajstić information content (AvgIpc) is 3.22. The largest absolute Gasteiger partial charge is 0.357 e. The molecule has 2 aliphatic heterocycles. The highest BCUT2D eigenvalue weighted by Crippen LogP contribution is 2.20. The van der Waals surface area contributed by atoms with E-state index in [9.17, 15) is 12.8 Å². The van der Waals surface area contributed by atoms with Crippen LogP contribution in [-0.4, -0.2) is 74.7 Å². The molecule has 11 heteroatoms. The molecule has 1 unspecified atom stereocenters. The Labute approximate surface area is 183 Å². The fourth-order valence-corrected chi connectivity index (χ4v) is 4.93. The van der Waals surface area contributed by atoms with Crippen molar-refractivity contribution in [1.82, 2.24) is 19.9 Å². The van der Waals surface area contributed by atoms with Crippen molar-refractivity contribution in [2.75, 3.05) is 49.9 Å². The molecule has 3 heterocycles. The minimum Gasteiger partial charge on any atom is -0.357 e. The monoisotopic (exact) mass is 526 g/mol. The smallest absolute Gasteiger partial charge is 0.214 e. The minimum atomic E-state index is -3.09. The lowest BCUT2D eigenvalue weighted by molar-refractivity contribution is 0.451. The van der Waals surface area contributed by atoms with Gasteiger partial charge in [0.25, 0.3) is 0 Å². The number of sulfonamides is 1. The van der Waals surface area contributed by atoms with Gasteiger partial charge in [0.2, 0.25) is 10.0 Å². The second kappa shape index (κ2) is 10.5. The second-order valence-corrected chi connectivity index (χ2v) is 8.80. The van der Waals surface area contributed by atoms with Crippen LogP contribution in [-0.2, 0) is 10.0 Å². The number of pyridine rings is 1. The molecule has 2 aliphatic rings. The van der Waals surface area contributed by atoms with Crippen LogP contribution in [0.4, 0.5) is 10.2 Å². The van der Waals surface area contributed by atoms with Crippen LogP contribution in [0.15, 0.2) is 23.3 Å². The average molecular weight is 526 g/mol. The predicted molar refractivity (Wildman–Crippen MR) is 119 cm³/mol. The van der Waals surface area contributed by atoms with E-state index in [-0.39, 0.29) is 41.6 Å². The molecule has 28 heavy (non-hydrogen) atoms. The Balaban J connectivity index is 0.00000280. The van der Waals surface area contributed by atoms with E-state index in [4.69, 9.17) is 0 Å². The van der Waals surface area contributed by atoms with Crippen LogP contribution in [0.3, 0.4) is 0 Å². The summed E-state index contributed by atoms with van der Waals surface area (Å²) in [6, 6.07) is 3.13. The zero-order valence-electron chi connectivity index (χ0n) is 16.0. The molecule has 0 radical (unpaired) electrons. The number of anilines is 1. The lowest BCUT2D eigenvalue weighted by Gasteiger charge is -2.20. The summed E-state index contributed by atoms with van der Waals surface area (Å²) in [5.74, 6) is 0.952. The van der Waals surface area contributed by atoms with E-state index < -0.39 is 10.0 Å². The third-order valence-corrected chi connectivity index (χ3v) is 6.69. The number of hydrogen-bond acceptors (Lipinski definition) is 5. The van der Waals surface area contributed by atoms with Crippen molar-refractivity contribution in [3.63, 3.8) is 0 Å². The van der Waals surface area contributed by atoms with Crippen molar-refractivity contribution >= 4 is 45.8 Å². The van der Waals surface area contributed by atoms with E-state index >= 15 is 0 Å². The number of rotatable bonds is 6. The van der Waals surface area contributed by atoms with Crippen molar-refractivity contribution in [2.45, 2.75) is 25.8 Å². The summed E-state index contributed by atoms with van der Waals surface area (Å²) in [4.78, 5) is 10.6. The van der Waals surface area contributed by atoms with E-state index in [1.165, 1.54) is 10.4 Å². The number of hydrogen-bond donors (Lipinski definition) is 2. The van der Waals surface area contributed by atoms with Gasteiger partial charge in [-0.25, -0.2) is 22.1 Å². The summed E-state index contributed by atoms with van der Waals surface area (Å²) >= 11 is 0. The van der Waals surface area contributed by atoms with E-state index in [0.717, 1.165) is 13.0 Å². The standard InChI is InChI=1S/C17H27FN6O2S.HI/c1-2-19-17(21-8-11-24-9-4-12-27(24,25)26)22-14-6-10-23(13-14)16-15(18)5-3-7-20-16;/h3,5,7,14H,2,4,6,8-13H2,1H3,(H2,19,21,22);1H. The Morgan fingerprint density at radius 1 is 1.43 bits per heavy atom. The number of nitrogens with zero attached hydrogens (tertiary/aromatic N) is 4. The minimum absolute atomic E-state index is 0.